The minimum Gasteiger partial charge on any atom is -0.508 e. The second kappa shape index (κ2) is 9.27. The van der Waals surface area contributed by atoms with Crippen molar-refractivity contribution in [2.75, 3.05) is 0 Å². The monoisotopic (exact) mass is 438 g/mol. The fourth-order valence-electron chi connectivity index (χ4n) is 4.95. The Hall–Kier alpha value is -2.33. The van der Waals surface area contributed by atoms with Crippen molar-refractivity contribution in [1.29, 1.82) is 0 Å². The molecule has 174 valence electrons. The van der Waals surface area contributed by atoms with Crippen molar-refractivity contribution >= 4 is 5.97 Å². The maximum Gasteiger partial charge on any atom is 0.340 e. The number of aliphatic hydroxyl groups excluding tert-OH is 1. The second-order valence-corrected chi connectivity index (χ2v) is 11.0. The van der Waals surface area contributed by atoms with E-state index in [4.69, 9.17) is 4.74 Å². The highest BCUT2D eigenvalue weighted by Crippen LogP contribution is 2.44. The Balaban J connectivity index is 1.81. The number of rotatable bonds is 5. The van der Waals surface area contributed by atoms with Crippen molar-refractivity contribution in [3.05, 3.63) is 65.2 Å². The zero-order chi connectivity index (χ0) is 23.7. The summed E-state index contributed by atoms with van der Waals surface area (Å²) in [6.45, 7) is 12.7. The molecule has 0 amide bonds. The molecule has 0 bridgehead atoms. The van der Waals surface area contributed by atoms with E-state index < -0.39 is 12.1 Å². The van der Waals surface area contributed by atoms with Crippen LogP contribution in [-0.4, -0.2) is 22.3 Å². The molecule has 0 aromatic heterocycles. The summed E-state index contributed by atoms with van der Waals surface area (Å²) in [4.78, 5) is 13.0. The van der Waals surface area contributed by atoms with E-state index >= 15 is 0 Å². The highest BCUT2D eigenvalue weighted by molar-refractivity contribution is 5.77. The van der Waals surface area contributed by atoms with E-state index in [1.165, 1.54) is 5.56 Å². The maximum absolute atomic E-state index is 13.0. The first-order chi connectivity index (χ1) is 14.9. The van der Waals surface area contributed by atoms with E-state index in [2.05, 4.69) is 32.9 Å². The van der Waals surface area contributed by atoms with Crippen molar-refractivity contribution in [3.8, 4) is 5.75 Å². The Morgan fingerprint density at radius 2 is 1.66 bits per heavy atom. The molecule has 1 saturated carbocycles. The molecule has 2 aromatic rings. The van der Waals surface area contributed by atoms with Crippen LogP contribution in [0.25, 0.3) is 0 Å². The summed E-state index contributed by atoms with van der Waals surface area (Å²) in [5.74, 6) is -0.182. The summed E-state index contributed by atoms with van der Waals surface area (Å²) < 4.78 is 5.95. The molecule has 0 aliphatic heterocycles. The lowest BCUT2D eigenvalue weighted by molar-refractivity contribution is -0.167. The highest BCUT2D eigenvalue weighted by atomic mass is 16.6. The van der Waals surface area contributed by atoms with E-state index in [1.54, 1.807) is 12.1 Å². The molecule has 4 atom stereocenters. The van der Waals surface area contributed by atoms with Gasteiger partial charge < -0.3 is 14.9 Å². The number of esters is 1. The highest BCUT2D eigenvalue weighted by Gasteiger charge is 2.42. The smallest absolute Gasteiger partial charge is 0.340 e. The Labute approximate surface area is 192 Å². The van der Waals surface area contributed by atoms with Gasteiger partial charge in [0.05, 0.1) is 0 Å². The predicted molar refractivity (Wildman–Crippen MR) is 128 cm³/mol. The topological polar surface area (TPSA) is 66.8 Å². The molecule has 3 rings (SSSR count). The molecular weight excluding hydrogens is 400 g/mol. The zero-order valence-electron chi connectivity index (χ0n) is 20.3. The average molecular weight is 439 g/mol. The van der Waals surface area contributed by atoms with Crippen LogP contribution in [-0.2, 0) is 20.4 Å². The molecule has 0 saturated heterocycles. The molecule has 1 fully saturated rings. The van der Waals surface area contributed by atoms with Gasteiger partial charge in [-0.2, -0.15) is 0 Å². The predicted octanol–water partition coefficient (Wildman–Crippen LogP) is 6.05. The Morgan fingerprint density at radius 3 is 2.25 bits per heavy atom. The number of hydrogen-bond donors (Lipinski definition) is 2. The molecule has 4 nitrogen and oxygen atoms in total. The van der Waals surface area contributed by atoms with Gasteiger partial charge in [-0.05, 0) is 46.8 Å². The van der Waals surface area contributed by atoms with Gasteiger partial charge in [0.25, 0.3) is 0 Å². The molecule has 2 aromatic carbocycles. The number of aromatic hydroxyl groups is 1. The van der Waals surface area contributed by atoms with Gasteiger partial charge in [-0.3, -0.25) is 0 Å². The molecule has 0 spiro atoms. The minimum atomic E-state index is -1.51. The lowest BCUT2D eigenvalue weighted by atomic mass is 9.64. The number of carbonyl (C=O) groups is 1. The molecule has 4 heteroatoms. The summed E-state index contributed by atoms with van der Waals surface area (Å²) in [6, 6.07) is 15.4. The molecular formula is C28H38O4. The van der Waals surface area contributed by atoms with Gasteiger partial charge in [0.2, 0.25) is 0 Å². The zero-order valence-corrected chi connectivity index (χ0v) is 20.3. The molecule has 2 N–H and O–H groups in total. The van der Waals surface area contributed by atoms with Crippen LogP contribution in [0.3, 0.4) is 0 Å². The summed E-state index contributed by atoms with van der Waals surface area (Å²) >= 11 is 0. The largest absolute Gasteiger partial charge is 0.508 e. The normalized spacial score (nSPS) is 22.9. The van der Waals surface area contributed by atoms with E-state index in [9.17, 15) is 15.0 Å². The first kappa shape index (κ1) is 24.3. The fourth-order valence-corrected chi connectivity index (χ4v) is 4.95. The average Bonchev–Trinajstić information content (AvgIpc) is 2.73. The number of ether oxygens (including phenoxy) is 1. The Kier molecular flexibility index (Phi) is 7.04. The molecule has 1 aliphatic rings. The van der Waals surface area contributed by atoms with Crippen molar-refractivity contribution < 1.29 is 19.7 Å². The van der Waals surface area contributed by atoms with Crippen molar-refractivity contribution in [2.45, 2.75) is 83.8 Å². The molecule has 32 heavy (non-hydrogen) atoms. The van der Waals surface area contributed by atoms with Gasteiger partial charge in [0.15, 0.2) is 6.10 Å². The second-order valence-electron chi connectivity index (χ2n) is 11.0. The minimum absolute atomic E-state index is 0.0833. The number of aliphatic hydroxyl groups is 1. The molecule has 0 unspecified atom stereocenters. The van der Waals surface area contributed by atoms with Gasteiger partial charge in [0.1, 0.15) is 11.9 Å². The molecule has 1 aliphatic carbocycles. The van der Waals surface area contributed by atoms with Crippen LogP contribution in [0, 0.1) is 11.8 Å². The molecule has 0 heterocycles. The number of hydrogen-bond acceptors (Lipinski definition) is 4. The summed E-state index contributed by atoms with van der Waals surface area (Å²) in [5.41, 5.74) is 2.02. The number of carbonyl (C=O) groups excluding carboxylic acids is 1. The van der Waals surface area contributed by atoms with Gasteiger partial charge in [-0.1, -0.05) is 90.4 Å². The van der Waals surface area contributed by atoms with Crippen molar-refractivity contribution in [2.24, 2.45) is 11.8 Å². The van der Waals surface area contributed by atoms with E-state index in [0.717, 1.165) is 24.8 Å². The van der Waals surface area contributed by atoms with Gasteiger partial charge in [0, 0.05) is 11.5 Å². The lowest BCUT2D eigenvalue weighted by Crippen LogP contribution is -2.44. The summed E-state index contributed by atoms with van der Waals surface area (Å²) in [7, 11) is 0. The number of benzene rings is 2. The fraction of sp³-hybridized carbons (Fsp3) is 0.536. The standard InChI is InChI=1S/C28H38O4/c1-18-12-15-22(28(5,6)19-10-8-7-9-11-19)24(16-18)32-26(31)25(30)21-14-13-20(17-23(21)29)27(2,3)4/h7-11,13-14,17-18,22,24-25,29-30H,12,15-16H2,1-6H3/t18-,22-,24-,25-/m1/s1. The van der Waals surface area contributed by atoms with Crippen molar-refractivity contribution in [3.63, 3.8) is 0 Å². The van der Waals surface area contributed by atoms with Crippen LogP contribution >= 0.6 is 0 Å². The Bertz CT molecular complexity index is 926. The third-order valence-electron chi connectivity index (χ3n) is 7.18. The molecule has 0 radical (unpaired) electrons. The summed E-state index contributed by atoms with van der Waals surface area (Å²) in [6.07, 6.45) is 1.03. The van der Waals surface area contributed by atoms with E-state index in [1.807, 2.05) is 45.0 Å². The number of phenols is 1. The first-order valence-corrected chi connectivity index (χ1v) is 11.7. The van der Waals surface area contributed by atoms with Crippen LogP contribution < -0.4 is 0 Å². The third-order valence-corrected chi connectivity index (χ3v) is 7.18. The van der Waals surface area contributed by atoms with E-state index in [-0.39, 0.29) is 34.2 Å². The van der Waals surface area contributed by atoms with Gasteiger partial charge in [-0.25, -0.2) is 4.79 Å². The van der Waals surface area contributed by atoms with Crippen LogP contribution in [0.15, 0.2) is 48.5 Å². The maximum atomic E-state index is 13.0. The van der Waals surface area contributed by atoms with Crippen LogP contribution in [0.5, 0.6) is 5.75 Å². The third kappa shape index (κ3) is 5.17. The van der Waals surface area contributed by atoms with Crippen molar-refractivity contribution in [1.82, 2.24) is 0 Å². The quantitative estimate of drug-likeness (QED) is 0.558. The number of phenolic OH excluding ortho intramolecular Hbond substituents is 1. The van der Waals surface area contributed by atoms with Gasteiger partial charge >= 0.3 is 5.97 Å². The first-order valence-electron chi connectivity index (χ1n) is 11.7. The van der Waals surface area contributed by atoms with Crippen LogP contribution in [0.1, 0.15) is 83.6 Å². The Morgan fingerprint density at radius 1 is 1.00 bits per heavy atom. The van der Waals surface area contributed by atoms with Crippen LogP contribution in [0.4, 0.5) is 0 Å². The SMILES string of the molecule is C[C@@H]1CC[C@@H](C(C)(C)c2ccccc2)[C@H](OC(=O)[C@H](O)c2ccc(C(C)(C)C)cc2O)C1. The van der Waals surface area contributed by atoms with Crippen LogP contribution in [0.2, 0.25) is 0 Å². The van der Waals surface area contributed by atoms with E-state index in [0.29, 0.717) is 5.92 Å². The van der Waals surface area contributed by atoms with Gasteiger partial charge in [-0.15, -0.1) is 0 Å². The lowest BCUT2D eigenvalue weighted by Gasteiger charge is -2.44. The summed E-state index contributed by atoms with van der Waals surface area (Å²) in [5, 5.41) is 21.2.